The molecule has 0 spiro atoms. The fraction of sp³-hybridized carbons (Fsp3) is 0.222. The molecule has 2 aromatic rings. The minimum atomic E-state index is 0.990. The molecule has 0 saturated heterocycles. The molecule has 2 rings (SSSR count). The molecule has 0 N–H and O–H groups in total. The first-order valence-electron chi connectivity index (χ1n) is 3.86. The molecule has 3 heteroatoms. The van der Waals surface area contributed by atoms with Gasteiger partial charge in [-0.05, 0) is 19.1 Å². The average Bonchev–Trinajstić information content (AvgIpc) is 2.31. The Morgan fingerprint density at radius 1 is 1.42 bits per heavy atom. The Labute approximate surface area is 73.8 Å². The van der Waals surface area contributed by atoms with Crippen LogP contribution < -0.4 is 5.44 Å². The lowest BCUT2D eigenvalue weighted by Crippen LogP contribution is -1.97. The molecule has 12 heavy (non-hydrogen) atoms. The van der Waals surface area contributed by atoms with Crippen LogP contribution >= 0.6 is 9.24 Å². The van der Waals surface area contributed by atoms with Gasteiger partial charge in [0.05, 0.1) is 11.0 Å². The van der Waals surface area contributed by atoms with Crippen molar-refractivity contribution in [3.8, 4) is 0 Å². The van der Waals surface area contributed by atoms with Crippen LogP contribution in [0.5, 0.6) is 0 Å². The molecule has 0 radical (unpaired) electrons. The molecule has 0 amide bonds. The third-order valence-corrected chi connectivity index (χ3v) is 2.50. The molecule has 2 aromatic heterocycles. The largest absolute Gasteiger partial charge is 0.348 e. The standard InChI is InChI=1S/C9H11N2P/c1-6-3-7-5-10-9(12)4-8(7)11(6)2/h3-5H,12H2,1-2H3. The van der Waals surface area contributed by atoms with Gasteiger partial charge >= 0.3 is 0 Å². The number of aryl methyl sites for hydroxylation is 2. The number of rotatable bonds is 0. The van der Waals surface area contributed by atoms with Crippen molar-refractivity contribution in [3.63, 3.8) is 0 Å². The highest BCUT2D eigenvalue weighted by atomic mass is 31.0. The van der Waals surface area contributed by atoms with Gasteiger partial charge in [0.25, 0.3) is 0 Å². The van der Waals surface area contributed by atoms with Crippen LogP contribution in [0.25, 0.3) is 10.9 Å². The van der Waals surface area contributed by atoms with Gasteiger partial charge in [0, 0.05) is 24.3 Å². The Hall–Kier alpha value is -0.880. The van der Waals surface area contributed by atoms with Crippen LogP contribution in [0.4, 0.5) is 0 Å². The maximum absolute atomic E-state index is 4.21. The first-order chi connectivity index (χ1) is 5.68. The molecule has 0 bridgehead atoms. The second kappa shape index (κ2) is 2.56. The second-order valence-electron chi connectivity index (χ2n) is 3.01. The SMILES string of the molecule is Cc1cc2cnc(P)cc2n1C. The van der Waals surface area contributed by atoms with E-state index in [0.29, 0.717) is 0 Å². The molecular weight excluding hydrogens is 167 g/mol. The van der Waals surface area contributed by atoms with Gasteiger partial charge in [-0.1, -0.05) is 9.24 Å². The van der Waals surface area contributed by atoms with Crippen molar-refractivity contribution in [2.45, 2.75) is 6.92 Å². The minimum Gasteiger partial charge on any atom is -0.348 e. The van der Waals surface area contributed by atoms with E-state index in [0.717, 1.165) is 5.44 Å². The number of nitrogens with zero attached hydrogens (tertiary/aromatic N) is 2. The lowest BCUT2D eigenvalue weighted by atomic mass is 10.3. The fourth-order valence-electron chi connectivity index (χ4n) is 1.38. The Bertz CT molecular complexity index is 431. The van der Waals surface area contributed by atoms with Gasteiger partial charge in [-0.2, -0.15) is 0 Å². The van der Waals surface area contributed by atoms with E-state index in [4.69, 9.17) is 0 Å². The zero-order valence-corrected chi connectivity index (χ0v) is 8.36. The lowest BCUT2D eigenvalue weighted by molar-refractivity contribution is 0.918. The number of fused-ring (bicyclic) bond motifs is 1. The summed E-state index contributed by atoms with van der Waals surface area (Å²) in [4.78, 5) is 4.21. The van der Waals surface area contributed by atoms with Crippen molar-refractivity contribution in [3.05, 3.63) is 24.0 Å². The topological polar surface area (TPSA) is 17.8 Å². The van der Waals surface area contributed by atoms with E-state index < -0.39 is 0 Å². The van der Waals surface area contributed by atoms with Crippen molar-refractivity contribution in [2.24, 2.45) is 7.05 Å². The van der Waals surface area contributed by atoms with E-state index in [1.165, 1.54) is 16.6 Å². The van der Waals surface area contributed by atoms with Crippen LogP contribution in [-0.2, 0) is 7.05 Å². The molecule has 0 aliphatic heterocycles. The summed E-state index contributed by atoms with van der Waals surface area (Å²) in [5.74, 6) is 0. The van der Waals surface area contributed by atoms with Crippen LogP contribution in [0, 0.1) is 6.92 Å². The summed E-state index contributed by atoms with van der Waals surface area (Å²) in [6.45, 7) is 2.10. The molecule has 0 aliphatic carbocycles. The molecular formula is C9H11N2P. The van der Waals surface area contributed by atoms with Gasteiger partial charge in [-0.25, -0.2) is 0 Å². The highest BCUT2D eigenvalue weighted by Crippen LogP contribution is 2.15. The molecule has 2 nitrogen and oxygen atoms in total. The van der Waals surface area contributed by atoms with Gasteiger partial charge in [-0.15, -0.1) is 0 Å². The van der Waals surface area contributed by atoms with Crippen molar-refractivity contribution in [1.29, 1.82) is 0 Å². The number of hydrogen-bond donors (Lipinski definition) is 0. The highest BCUT2D eigenvalue weighted by Gasteiger charge is 2.01. The first kappa shape index (κ1) is 7.75. The molecule has 62 valence electrons. The summed E-state index contributed by atoms with van der Waals surface area (Å²) in [5.41, 5.74) is 3.50. The van der Waals surface area contributed by atoms with Gasteiger partial charge in [0.2, 0.25) is 0 Å². The Kier molecular flexibility index (Phi) is 1.66. The predicted molar refractivity (Wildman–Crippen MR) is 54.8 cm³/mol. The normalized spacial score (nSPS) is 10.9. The summed E-state index contributed by atoms with van der Waals surface area (Å²) in [7, 11) is 4.68. The lowest BCUT2D eigenvalue weighted by Gasteiger charge is -1.98. The van der Waals surface area contributed by atoms with Crippen LogP contribution in [0.3, 0.4) is 0 Å². The van der Waals surface area contributed by atoms with E-state index in [-0.39, 0.29) is 0 Å². The predicted octanol–water partition coefficient (Wildman–Crippen LogP) is 1.38. The van der Waals surface area contributed by atoms with Crippen molar-refractivity contribution in [1.82, 2.24) is 9.55 Å². The Morgan fingerprint density at radius 3 is 2.92 bits per heavy atom. The van der Waals surface area contributed by atoms with Crippen LogP contribution in [0.2, 0.25) is 0 Å². The van der Waals surface area contributed by atoms with Crippen LogP contribution in [0.1, 0.15) is 5.69 Å². The van der Waals surface area contributed by atoms with Crippen molar-refractivity contribution >= 4 is 25.6 Å². The van der Waals surface area contributed by atoms with Crippen molar-refractivity contribution < 1.29 is 0 Å². The second-order valence-corrected chi connectivity index (χ2v) is 3.60. The van der Waals surface area contributed by atoms with E-state index in [1.54, 1.807) is 0 Å². The van der Waals surface area contributed by atoms with Crippen molar-refractivity contribution in [2.75, 3.05) is 0 Å². The van der Waals surface area contributed by atoms with Gasteiger partial charge < -0.3 is 4.57 Å². The summed E-state index contributed by atoms with van der Waals surface area (Å²) in [6, 6.07) is 4.22. The monoisotopic (exact) mass is 178 g/mol. The van der Waals surface area contributed by atoms with Gasteiger partial charge in [0.1, 0.15) is 0 Å². The zero-order chi connectivity index (χ0) is 8.72. The van der Waals surface area contributed by atoms with Crippen LogP contribution in [0.15, 0.2) is 18.3 Å². The smallest absolute Gasteiger partial charge is 0.0590 e. The van der Waals surface area contributed by atoms with E-state index in [9.17, 15) is 0 Å². The fourth-order valence-corrected chi connectivity index (χ4v) is 1.62. The maximum atomic E-state index is 4.21. The number of aromatic nitrogens is 2. The van der Waals surface area contributed by atoms with Crippen LogP contribution in [-0.4, -0.2) is 9.55 Å². The summed E-state index contributed by atoms with van der Waals surface area (Å²) in [5, 5.41) is 1.21. The van der Waals surface area contributed by atoms with E-state index in [2.05, 4.69) is 44.9 Å². The van der Waals surface area contributed by atoms with Gasteiger partial charge in [-0.3, -0.25) is 4.98 Å². The Balaban J connectivity index is 2.88. The molecule has 0 aromatic carbocycles. The maximum Gasteiger partial charge on any atom is 0.0590 e. The quantitative estimate of drug-likeness (QED) is 0.557. The Morgan fingerprint density at radius 2 is 2.17 bits per heavy atom. The number of hydrogen-bond acceptors (Lipinski definition) is 1. The summed E-state index contributed by atoms with van der Waals surface area (Å²) in [6.07, 6.45) is 1.91. The molecule has 0 fully saturated rings. The summed E-state index contributed by atoms with van der Waals surface area (Å²) >= 11 is 0. The third-order valence-electron chi connectivity index (χ3n) is 2.19. The third kappa shape index (κ3) is 1.03. The first-order valence-corrected chi connectivity index (χ1v) is 4.44. The summed E-state index contributed by atoms with van der Waals surface area (Å²) < 4.78 is 2.17. The zero-order valence-electron chi connectivity index (χ0n) is 7.20. The molecule has 0 saturated carbocycles. The average molecular weight is 178 g/mol. The molecule has 1 atom stereocenters. The van der Waals surface area contributed by atoms with E-state index >= 15 is 0 Å². The van der Waals surface area contributed by atoms with Gasteiger partial charge in [0.15, 0.2) is 0 Å². The highest BCUT2D eigenvalue weighted by molar-refractivity contribution is 7.26. The molecule has 1 unspecified atom stereocenters. The van der Waals surface area contributed by atoms with E-state index in [1.807, 2.05) is 6.20 Å². The molecule has 2 heterocycles. The minimum absolute atomic E-state index is 0.990. The molecule has 0 aliphatic rings. The number of pyridine rings is 1.